The van der Waals surface area contributed by atoms with Crippen molar-refractivity contribution in [2.75, 3.05) is 20.1 Å². The van der Waals surface area contributed by atoms with Gasteiger partial charge in [-0.15, -0.1) is 0 Å². The van der Waals surface area contributed by atoms with Gasteiger partial charge in [0.2, 0.25) is 0 Å². The van der Waals surface area contributed by atoms with Gasteiger partial charge in [-0.3, -0.25) is 4.90 Å². The van der Waals surface area contributed by atoms with E-state index in [0.29, 0.717) is 13.1 Å². The molecule has 0 saturated carbocycles. The van der Waals surface area contributed by atoms with E-state index < -0.39 is 0 Å². The average Bonchev–Trinajstić information content (AvgIpc) is 2.75. The largest absolute Gasteiger partial charge is 0.451 e. The van der Waals surface area contributed by atoms with Crippen LogP contribution in [0.5, 0.6) is 0 Å². The maximum atomic E-state index is 9.64. The molecule has 0 spiro atoms. The molecule has 1 aromatic rings. The number of β-amino-alcohol motifs (C(OH)–C–C–N with tert-alkyl or cyclic N) is 1. The van der Waals surface area contributed by atoms with Crippen molar-refractivity contribution in [2.24, 2.45) is 0 Å². The van der Waals surface area contributed by atoms with Crippen molar-refractivity contribution in [2.45, 2.75) is 18.7 Å². The summed E-state index contributed by atoms with van der Waals surface area (Å²) in [5.41, 5.74) is 0.895. The Balaban J connectivity index is 1.92. The van der Waals surface area contributed by atoms with E-state index in [1.54, 1.807) is 6.26 Å². The summed E-state index contributed by atoms with van der Waals surface area (Å²) in [5.74, 6) is 0. The molecule has 1 aliphatic heterocycles. The first-order valence-corrected chi connectivity index (χ1v) is 4.73. The van der Waals surface area contributed by atoms with Crippen LogP contribution in [0.3, 0.4) is 0 Å². The number of oxazole rings is 1. The van der Waals surface area contributed by atoms with Crippen LogP contribution in [0.4, 0.5) is 0 Å². The molecular formula is C9H15N3O2. The highest BCUT2D eigenvalue weighted by molar-refractivity contribution is 4.94. The van der Waals surface area contributed by atoms with E-state index in [1.807, 2.05) is 7.05 Å². The normalized spacial score (nSPS) is 27.4. The van der Waals surface area contributed by atoms with Gasteiger partial charge in [0, 0.05) is 25.7 Å². The molecule has 0 amide bonds. The summed E-state index contributed by atoms with van der Waals surface area (Å²) in [5, 5.41) is 12.8. The van der Waals surface area contributed by atoms with Crippen LogP contribution in [-0.4, -0.2) is 47.3 Å². The second-order valence-corrected chi connectivity index (χ2v) is 3.69. The van der Waals surface area contributed by atoms with Crippen LogP contribution in [0, 0.1) is 0 Å². The number of aromatic nitrogens is 1. The predicted octanol–water partition coefficient (Wildman–Crippen LogP) is -0.561. The second kappa shape index (κ2) is 4.08. The zero-order chi connectivity index (χ0) is 9.97. The smallest absolute Gasteiger partial charge is 0.180 e. The molecule has 1 saturated heterocycles. The number of hydrogen-bond acceptors (Lipinski definition) is 5. The monoisotopic (exact) mass is 197 g/mol. The number of rotatable bonds is 3. The molecule has 2 N–H and O–H groups in total. The van der Waals surface area contributed by atoms with Gasteiger partial charge in [-0.1, -0.05) is 0 Å². The summed E-state index contributed by atoms with van der Waals surface area (Å²) in [6, 6.07) is 0.173. The summed E-state index contributed by atoms with van der Waals surface area (Å²) < 4.78 is 4.89. The third-order valence-electron chi connectivity index (χ3n) is 2.61. The first kappa shape index (κ1) is 9.64. The van der Waals surface area contributed by atoms with E-state index in [-0.39, 0.29) is 12.1 Å². The molecule has 5 heteroatoms. The lowest BCUT2D eigenvalue weighted by molar-refractivity contribution is 0.0948. The Morgan fingerprint density at radius 3 is 3.14 bits per heavy atom. The molecule has 0 bridgehead atoms. The number of aliphatic hydroxyl groups excluding tert-OH is 1. The molecule has 1 aromatic heterocycles. The molecule has 2 heterocycles. The first-order chi connectivity index (χ1) is 6.77. The minimum atomic E-state index is -0.285. The summed E-state index contributed by atoms with van der Waals surface area (Å²) >= 11 is 0. The maximum Gasteiger partial charge on any atom is 0.180 e. The average molecular weight is 197 g/mol. The van der Waals surface area contributed by atoms with Crippen LogP contribution >= 0.6 is 0 Å². The van der Waals surface area contributed by atoms with Gasteiger partial charge in [-0.2, -0.15) is 0 Å². The fourth-order valence-corrected chi connectivity index (χ4v) is 1.79. The van der Waals surface area contributed by atoms with Crippen molar-refractivity contribution < 1.29 is 9.52 Å². The lowest BCUT2D eigenvalue weighted by Crippen LogP contribution is -2.40. The Kier molecular flexibility index (Phi) is 2.81. The minimum Gasteiger partial charge on any atom is -0.451 e. The zero-order valence-corrected chi connectivity index (χ0v) is 8.18. The third-order valence-corrected chi connectivity index (χ3v) is 2.61. The fraction of sp³-hybridized carbons (Fsp3) is 0.667. The SMILES string of the molecule is CN(Cc1cocn1)C1CNCC1O. The molecule has 14 heavy (non-hydrogen) atoms. The highest BCUT2D eigenvalue weighted by atomic mass is 16.3. The van der Waals surface area contributed by atoms with Crippen LogP contribution in [0.15, 0.2) is 17.1 Å². The molecular weight excluding hydrogens is 182 g/mol. The standard InChI is InChI=1S/C9H15N3O2/c1-12(4-7-5-14-6-11-7)8-2-10-3-9(8)13/h5-6,8-10,13H,2-4H2,1H3. The van der Waals surface area contributed by atoms with Crippen molar-refractivity contribution in [1.82, 2.24) is 15.2 Å². The van der Waals surface area contributed by atoms with Gasteiger partial charge in [0.25, 0.3) is 0 Å². The molecule has 0 radical (unpaired) electrons. The fourth-order valence-electron chi connectivity index (χ4n) is 1.79. The van der Waals surface area contributed by atoms with E-state index in [2.05, 4.69) is 15.2 Å². The Hall–Kier alpha value is -0.910. The van der Waals surface area contributed by atoms with Gasteiger partial charge in [-0.25, -0.2) is 4.98 Å². The number of nitrogens with one attached hydrogen (secondary N) is 1. The highest BCUT2D eigenvalue weighted by Crippen LogP contribution is 2.10. The molecule has 1 fully saturated rings. The van der Waals surface area contributed by atoms with E-state index in [9.17, 15) is 5.11 Å². The highest BCUT2D eigenvalue weighted by Gasteiger charge is 2.28. The Morgan fingerprint density at radius 1 is 1.71 bits per heavy atom. The van der Waals surface area contributed by atoms with Gasteiger partial charge >= 0.3 is 0 Å². The van der Waals surface area contributed by atoms with Gasteiger partial charge in [-0.05, 0) is 7.05 Å². The van der Waals surface area contributed by atoms with E-state index >= 15 is 0 Å². The predicted molar refractivity (Wildman–Crippen MR) is 50.6 cm³/mol. The van der Waals surface area contributed by atoms with Crippen molar-refractivity contribution in [3.63, 3.8) is 0 Å². The first-order valence-electron chi connectivity index (χ1n) is 4.73. The maximum absolute atomic E-state index is 9.64. The lowest BCUT2D eigenvalue weighted by atomic mass is 10.2. The molecule has 2 atom stereocenters. The van der Waals surface area contributed by atoms with Crippen LogP contribution in [-0.2, 0) is 6.54 Å². The quantitative estimate of drug-likeness (QED) is 0.680. The summed E-state index contributed by atoms with van der Waals surface area (Å²) in [6.07, 6.45) is 2.77. The zero-order valence-electron chi connectivity index (χ0n) is 8.18. The topological polar surface area (TPSA) is 61.5 Å². The summed E-state index contributed by atoms with van der Waals surface area (Å²) in [6.45, 7) is 2.21. The van der Waals surface area contributed by atoms with E-state index in [4.69, 9.17) is 4.42 Å². The van der Waals surface area contributed by atoms with Gasteiger partial charge in [0.15, 0.2) is 6.39 Å². The number of likely N-dealkylation sites (N-methyl/N-ethyl adjacent to an activating group) is 1. The van der Waals surface area contributed by atoms with E-state index in [1.165, 1.54) is 6.39 Å². The van der Waals surface area contributed by atoms with Crippen LogP contribution < -0.4 is 5.32 Å². The molecule has 2 rings (SSSR count). The van der Waals surface area contributed by atoms with E-state index in [0.717, 1.165) is 12.2 Å². The summed E-state index contributed by atoms with van der Waals surface area (Å²) in [4.78, 5) is 6.13. The molecule has 0 aromatic carbocycles. The second-order valence-electron chi connectivity index (χ2n) is 3.69. The lowest BCUT2D eigenvalue weighted by Gasteiger charge is -2.24. The van der Waals surface area contributed by atoms with Crippen LogP contribution in [0.1, 0.15) is 5.69 Å². The Bertz CT molecular complexity index is 276. The van der Waals surface area contributed by atoms with Gasteiger partial charge < -0.3 is 14.8 Å². The van der Waals surface area contributed by atoms with Crippen molar-refractivity contribution >= 4 is 0 Å². The molecule has 78 valence electrons. The minimum absolute atomic E-state index is 0.173. The molecule has 1 aliphatic rings. The molecule has 0 aliphatic carbocycles. The van der Waals surface area contributed by atoms with Crippen molar-refractivity contribution in [3.05, 3.63) is 18.4 Å². The number of hydrogen-bond donors (Lipinski definition) is 2. The molecule has 2 unspecified atom stereocenters. The van der Waals surface area contributed by atoms with Crippen LogP contribution in [0.25, 0.3) is 0 Å². The number of aliphatic hydroxyl groups is 1. The van der Waals surface area contributed by atoms with Gasteiger partial charge in [0.05, 0.1) is 11.8 Å². The van der Waals surface area contributed by atoms with Gasteiger partial charge in [0.1, 0.15) is 6.26 Å². The number of nitrogens with zero attached hydrogens (tertiary/aromatic N) is 2. The van der Waals surface area contributed by atoms with Crippen molar-refractivity contribution in [1.29, 1.82) is 0 Å². The Morgan fingerprint density at radius 2 is 2.57 bits per heavy atom. The summed E-state index contributed by atoms with van der Waals surface area (Å²) in [7, 11) is 1.98. The molecule has 5 nitrogen and oxygen atoms in total. The third kappa shape index (κ3) is 1.95. The van der Waals surface area contributed by atoms with Crippen molar-refractivity contribution in [3.8, 4) is 0 Å². The van der Waals surface area contributed by atoms with Crippen LogP contribution in [0.2, 0.25) is 0 Å². The Labute approximate surface area is 82.7 Å².